The average molecular weight is 1560 g/mol. The molecule has 4 fully saturated rings. The number of aromatic nitrogens is 8. The number of aromatic amines is 2. The van der Waals surface area contributed by atoms with Gasteiger partial charge in [-0.25, -0.2) is 71.3 Å². The Bertz CT molecular complexity index is 4850. The van der Waals surface area contributed by atoms with Gasteiger partial charge in [0.05, 0.1) is 69.1 Å². The van der Waals surface area contributed by atoms with Gasteiger partial charge >= 0.3 is 5.97 Å². The Hall–Kier alpha value is -9.11. The van der Waals surface area contributed by atoms with Crippen molar-refractivity contribution in [3.63, 3.8) is 0 Å². The van der Waals surface area contributed by atoms with Crippen LogP contribution >= 0.6 is 10.7 Å². The van der Waals surface area contributed by atoms with E-state index in [1.807, 2.05) is 23.2 Å². The summed E-state index contributed by atoms with van der Waals surface area (Å²) in [6.45, 7) is 8.27. The lowest BCUT2D eigenvalue weighted by molar-refractivity contribution is 0.0648. The van der Waals surface area contributed by atoms with E-state index in [4.69, 9.17) is 30.6 Å². The number of halogens is 1. The van der Waals surface area contributed by atoms with Gasteiger partial charge in [0.25, 0.3) is 23.6 Å². The first-order valence-corrected chi connectivity index (χ1v) is 40.4. The highest BCUT2D eigenvalue weighted by molar-refractivity contribution is 8.13. The van der Waals surface area contributed by atoms with E-state index in [-0.39, 0.29) is 66.7 Å². The van der Waals surface area contributed by atoms with Crippen molar-refractivity contribution < 1.29 is 82.1 Å². The van der Waals surface area contributed by atoms with E-state index < -0.39 is 74.5 Å². The number of carbonyl (C=O) groups is 6. The molecule has 37 nitrogen and oxygen atoms in total. The monoisotopic (exact) mass is 1550 g/mol. The number of carboxylic acids is 1. The van der Waals surface area contributed by atoms with Gasteiger partial charge in [-0.1, -0.05) is 34.6 Å². The highest BCUT2D eigenvalue weighted by atomic mass is 35.7. The van der Waals surface area contributed by atoms with E-state index in [2.05, 4.69) is 62.1 Å². The van der Waals surface area contributed by atoms with E-state index in [0.29, 0.717) is 123 Å². The number of nitrogens with two attached hydrogens (primary N) is 3. The molecule has 0 aliphatic carbocycles. The molecule has 0 unspecified atom stereocenters. The number of amides is 4. The van der Waals surface area contributed by atoms with Crippen LogP contribution in [-0.4, -0.2) is 251 Å². The van der Waals surface area contributed by atoms with E-state index in [9.17, 15) is 62.4 Å². The molecule has 0 saturated carbocycles. The number of Topliss-reactive ketones (excluding diaryl/α,β-unsaturated/α-hetero) is 1. The summed E-state index contributed by atoms with van der Waals surface area (Å²) in [6.07, 6.45) is 12.4. The molecule has 8 aliphatic rings. The molecule has 8 aromatic rings. The van der Waals surface area contributed by atoms with Crippen molar-refractivity contribution >= 4 is 119 Å². The first-order valence-electron chi connectivity index (χ1n) is 33.1. The second-order valence-corrected chi connectivity index (χ2v) is 33.5. The molecule has 2 aromatic carbocycles. The zero-order chi connectivity index (χ0) is 74.5. The van der Waals surface area contributed by atoms with Crippen molar-refractivity contribution in [1.82, 2.24) is 68.2 Å². The zero-order valence-electron chi connectivity index (χ0n) is 56.7. The number of hydrogen-bond acceptors (Lipinski definition) is 28. The molecule has 4 saturated heterocycles. The molecule has 6 aromatic heterocycles. The zero-order valence-corrected chi connectivity index (χ0v) is 60.7. The number of fused-ring (bicyclic) bond motifs is 6. The number of aromatic carboxylic acids is 1. The van der Waals surface area contributed by atoms with Gasteiger partial charge in [-0.05, 0) is 81.6 Å². The molecular weight excluding hydrogens is 1470 g/mol. The fourth-order valence-electron chi connectivity index (χ4n) is 11.6. The molecule has 42 heteroatoms. The standard InChI is InChI=1S/C19H22N6O4S.C13H11N5O3.C13H14N2O4S.C10H8ClNO4S.C5H12N2O2S.C3H7N.H4N2.H2O/c26-15(3-1-10-30(27,28)25-7-2-8-25)17-14-11-24(9-5-16(14)29-23-17)19-13-4-6-20-18(13)21-12-22-19;19-13(20)10-8-5-18(4-2-9(8)21-17-10)12-7-1-3-14-11(7)15-6-16-12;16-12-10-4-1-2-5-11(10)13(17)15(12)8-9-20(18,19)14-6-3-7-14;11-17(15,16)6-5-12-9(13)7-3-1-2-4-8(7)10(12)14;6-2-5-10(8,9)7-3-1-4-7;1-2-4-3-1;1-2;/h4,6,12H,1-3,5,7-11H2,(H,20,21,22);1,3,6H,2,4-5H2,(H,19,20)(H,14,15,16);1-2,4-5H,3,6-9H2;1-4H,5-6H2;1-6H2;4H,1-3H2;1-2H2;1H2. The topological polar surface area (TPSA) is 539 Å². The van der Waals surface area contributed by atoms with Gasteiger partial charge in [-0.15, -0.1) is 0 Å². The number of imide groups is 2. The number of hydrogen-bond donors (Lipinski definition) is 7. The van der Waals surface area contributed by atoms with Crippen LogP contribution in [0, 0.1) is 0 Å². The third-order valence-corrected chi connectivity index (χ3v) is 24.6. The second kappa shape index (κ2) is 35.3. The van der Waals surface area contributed by atoms with E-state index in [1.165, 1.54) is 57.2 Å². The lowest BCUT2D eigenvalue weighted by Crippen LogP contribution is -2.45. The van der Waals surface area contributed by atoms with Crippen molar-refractivity contribution in [2.75, 3.05) is 118 Å². The number of sulfonamides is 3. The van der Waals surface area contributed by atoms with E-state index in [0.717, 1.165) is 68.3 Å². The molecule has 12 N–H and O–H groups in total. The van der Waals surface area contributed by atoms with Gasteiger partial charge in [-0.3, -0.25) is 45.5 Å². The molecule has 0 atom stereocenters. The largest absolute Gasteiger partial charge is 0.476 e. The maximum atomic E-state index is 12.8. The fourth-order valence-corrected chi connectivity index (χ4v) is 16.7. The number of H-pyrrole nitrogens is 2. The molecule has 14 heterocycles. The number of nitrogens with one attached hydrogen (secondary N) is 3. The Morgan fingerprint density at radius 3 is 1.29 bits per heavy atom. The minimum atomic E-state index is -3.72. The minimum absolute atomic E-state index is 0. The fraction of sp³-hybridized carbons (Fsp3) is 0.429. The number of ketones is 1. The summed E-state index contributed by atoms with van der Waals surface area (Å²) in [4.78, 5) is 101. The van der Waals surface area contributed by atoms with Crippen molar-refractivity contribution in [3.8, 4) is 0 Å². The Morgan fingerprint density at radius 2 is 0.914 bits per heavy atom. The van der Waals surface area contributed by atoms with Crippen LogP contribution in [0.3, 0.4) is 0 Å². The summed E-state index contributed by atoms with van der Waals surface area (Å²) in [7, 11) is -8.26. The molecule has 8 aliphatic heterocycles. The third kappa shape index (κ3) is 18.9. The molecular formula is C63H80ClN19O18S4. The third-order valence-electron chi connectivity index (χ3n) is 17.8. The quantitative estimate of drug-likeness (QED) is 0.0194. The maximum Gasteiger partial charge on any atom is 0.358 e. The van der Waals surface area contributed by atoms with Crippen LogP contribution in [0.4, 0.5) is 11.6 Å². The highest BCUT2D eigenvalue weighted by Gasteiger charge is 2.39. The number of carbonyl (C=O) groups excluding carboxylic acids is 5. The van der Waals surface area contributed by atoms with E-state index in [1.54, 1.807) is 42.6 Å². The normalized spacial score (nSPS) is 16.8. The number of rotatable bonds is 19. The van der Waals surface area contributed by atoms with Crippen molar-refractivity contribution in [2.24, 2.45) is 17.4 Å². The molecule has 0 spiro atoms. The maximum absolute atomic E-state index is 12.8. The summed E-state index contributed by atoms with van der Waals surface area (Å²) < 4.78 is 107. The summed E-state index contributed by atoms with van der Waals surface area (Å²) in [5, 5.41) is 21.7. The van der Waals surface area contributed by atoms with Crippen molar-refractivity contribution in [1.29, 1.82) is 0 Å². The van der Waals surface area contributed by atoms with Gasteiger partial charge in [-0.2, -0.15) is 0 Å². The summed E-state index contributed by atoms with van der Waals surface area (Å²) >= 11 is 0. The van der Waals surface area contributed by atoms with Crippen LogP contribution in [0.1, 0.15) is 124 Å². The van der Waals surface area contributed by atoms with Crippen molar-refractivity contribution in [3.05, 3.63) is 142 Å². The van der Waals surface area contributed by atoms with Gasteiger partial charge < -0.3 is 50.4 Å². The lowest BCUT2D eigenvalue weighted by Gasteiger charge is -2.30. The van der Waals surface area contributed by atoms with E-state index >= 15 is 0 Å². The average Bonchev–Trinajstić information content (AvgIpc) is 1.68. The van der Waals surface area contributed by atoms with Crippen LogP contribution in [-0.2, 0) is 65.1 Å². The molecule has 105 heavy (non-hydrogen) atoms. The molecule has 566 valence electrons. The number of nitrogens with zero attached hydrogens (tertiary/aromatic N) is 13. The molecule has 0 radical (unpaired) electrons. The Balaban J connectivity index is 0.000000153. The van der Waals surface area contributed by atoms with Crippen molar-refractivity contribution in [2.45, 2.75) is 64.5 Å². The first-order chi connectivity index (χ1) is 49.8. The van der Waals surface area contributed by atoms with Gasteiger partial charge in [0, 0.05) is 125 Å². The Kier molecular flexibility index (Phi) is 26.9. The minimum Gasteiger partial charge on any atom is -0.476 e. The second-order valence-electron chi connectivity index (χ2n) is 24.4. The summed E-state index contributed by atoms with van der Waals surface area (Å²) in [6, 6.07) is 16.7. The first kappa shape index (κ1) is 80.0. The van der Waals surface area contributed by atoms with Gasteiger partial charge in [0.2, 0.25) is 39.1 Å². The number of carboxylic acid groups (broad SMARTS) is 1. The summed E-state index contributed by atoms with van der Waals surface area (Å²) in [5.41, 5.74) is 9.59. The van der Waals surface area contributed by atoms with Crippen LogP contribution in [0.2, 0.25) is 0 Å². The Labute approximate surface area is 607 Å². The molecule has 0 bridgehead atoms. The van der Waals surface area contributed by atoms with Crippen LogP contribution < -0.4 is 32.5 Å². The number of anilines is 2. The van der Waals surface area contributed by atoms with Crippen LogP contribution in [0.15, 0.2) is 94.8 Å². The van der Waals surface area contributed by atoms with Gasteiger partial charge in [0.15, 0.2) is 17.2 Å². The number of hydrazine groups is 1. The SMILES string of the molecule is C1CNC1.NCCS(=O)(=O)N1CCC1.NN.O.O=C(CCCS(=O)(=O)N1CCC1)c1noc2c1CN(c1ncnc3[nH]ccc13)CC2.O=C(O)c1noc2c1CN(c1ncnc3[nH]ccc13)CC2.O=C1c2ccccc2C(=O)N1CCS(=O)(=O)Cl.O=C1c2ccccc2C(=O)N1CCS(=O)(=O)N1CCC1. The highest BCUT2D eigenvalue weighted by Crippen LogP contribution is 2.33. The molecule has 4 amide bonds. The Morgan fingerprint density at radius 1 is 0.533 bits per heavy atom. The summed E-state index contributed by atoms with van der Waals surface area (Å²) in [5.74, 6) is 7.31. The molecule has 16 rings (SSSR count). The smallest absolute Gasteiger partial charge is 0.358 e. The van der Waals surface area contributed by atoms with Gasteiger partial charge in [0.1, 0.15) is 47.1 Å². The predicted octanol–water partition coefficient (Wildman–Crippen LogP) is 0.838. The van der Waals surface area contributed by atoms with Crippen LogP contribution in [0.25, 0.3) is 22.1 Å². The lowest BCUT2D eigenvalue weighted by atomic mass is 10.0. The van der Waals surface area contributed by atoms with Crippen LogP contribution in [0.5, 0.6) is 0 Å². The predicted molar refractivity (Wildman–Crippen MR) is 383 cm³/mol. The number of benzene rings is 2.